The summed E-state index contributed by atoms with van der Waals surface area (Å²) in [4.78, 5) is 0. The Balaban J connectivity index is 2.67. The summed E-state index contributed by atoms with van der Waals surface area (Å²) >= 11 is 6.26. The van der Waals surface area contributed by atoms with E-state index in [4.69, 9.17) is 21.1 Å². The first-order valence-corrected chi connectivity index (χ1v) is 7.39. The van der Waals surface area contributed by atoms with Crippen molar-refractivity contribution in [2.24, 2.45) is 0 Å². The third-order valence-corrected chi connectivity index (χ3v) is 3.35. The molecule has 0 heterocycles. The lowest BCUT2D eigenvalue weighted by molar-refractivity contribution is 0.0143. The van der Waals surface area contributed by atoms with Gasteiger partial charge in [0.25, 0.3) is 6.43 Å². The Hall–Kier alpha value is -0.910. The monoisotopic (exact) mass is 321 g/mol. The van der Waals surface area contributed by atoms with Crippen molar-refractivity contribution in [2.75, 3.05) is 26.9 Å². The molecule has 120 valence electrons. The molecular formula is C15H22ClF2NO2. The highest BCUT2D eigenvalue weighted by molar-refractivity contribution is 6.31. The molecule has 0 aliphatic heterocycles. The average molecular weight is 322 g/mol. The van der Waals surface area contributed by atoms with Crippen LogP contribution in [0.4, 0.5) is 8.78 Å². The highest BCUT2D eigenvalue weighted by atomic mass is 35.5. The first-order valence-electron chi connectivity index (χ1n) is 7.01. The fraction of sp³-hybridized carbons (Fsp3) is 0.600. The third kappa shape index (κ3) is 6.59. The van der Waals surface area contributed by atoms with Crippen LogP contribution in [0, 0.1) is 0 Å². The molecule has 1 aromatic rings. The Bertz CT molecular complexity index is 419. The molecule has 0 amide bonds. The van der Waals surface area contributed by atoms with Crippen molar-refractivity contribution in [3.8, 4) is 5.75 Å². The molecular weight excluding hydrogens is 300 g/mol. The largest absolute Gasteiger partial charge is 0.497 e. The zero-order chi connectivity index (χ0) is 15.7. The smallest absolute Gasteiger partial charge is 0.261 e. The van der Waals surface area contributed by atoms with Gasteiger partial charge in [-0.05, 0) is 37.1 Å². The number of hydrogen-bond acceptors (Lipinski definition) is 3. The van der Waals surface area contributed by atoms with Crippen LogP contribution in [0.2, 0.25) is 5.02 Å². The van der Waals surface area contributed by atoms with Gasteiger partial charge in [-0.15, -0.1) is 0 Å². The van der Waals surface area contributed by atoms with Crippen molar-refractivity contribution < 1.29 is 18.3 Å². The predicted molar refractivity (Wildman–Crippen MR) is 80.5 cm³/mol. The lowest BCUT2D eigenvalue weighted by Gasteiger charge is -2.20. The topological polar surface area (TPSA) is 30.5 Å². The van der Waals surface area contributed by atoms with E-state index in [1.54, 1.807) is 13.2 Å². The van der Waals surface area contributed by atoms with Crippen molar-refractivity contribution in [1.29, 1.82) is 0 Å². The van der Waals surface area contributed by atoms with Crippen LogP contribution in [0.5, 0.6) is 5.75 Å². The van der Waals surface area contributed by atoms with Crippen LogP contribution in [0.15, 0.2) is 18.2 Å². The van der Waals surface area contributed by atoms with Crippen molar-refractivity contribution in [1.82, 2.24) is 5.32 Å². The van der Waals surface area contributed by atoms with Gasteiger partial charge >= 0.3 is 0 Å². The number of methoxy groups -OCH3 is 1. The molecule has 0 spiro atoms. The molecule has 1 atom stereocenters. The number of benzene rings is 1. The minimum atomic E-state index is -2.43. The minimum Gasteiger partial charge on any atom is -0.497 e. The number of ether oxygens (including phenoxy) is 2. The normalized spacial score (nSPS) is 12.7. The van der Waals surface area contributed by atoms with Crippen molar-refractivity contribution in [2.45, 2.75) is 32.2 Å². The SMILES string of the molecule is CCCNC(CCOCC(F)F)c1ccc(OC)cc1Cl. The van der Waals surface area contributed by atoms with E-state index in [0.29, 0.717) is 17.2 Å². The second-order valence-corrected chi connectivity index (χ2v) is 5.06. The van der Waals surface area contributed by atoms with Gasteiger partial charge in [-0.2, -0.15) is 0 Å². The quantitative estimate of drug-likeness (QED) is 0.659. The molecule has 0 fully saturated rings. The van der Waals surface area contributed by atoms with Gasteiger partial charge in [0, 0.05) is 17.7 Å². The van der Waals surface area contributed by atoms with E-state index in [2.05, 4.69) is 12.2 Å². The molecule has 0 radical (unpaired) electrons. The van der Waals surface area contributed by atoms with Crippen LogP contribution in [-0.4, -0.2) is 33.3 Å². The van der Waals surface area contributed by atoms with Gasteiger partial charge < -0.3 is 14.8 Å². The molecule has 21 heavy (non-hydrogen) atoms. The molecule has 1 N–H and O–H groups in total. The summed E-state index contributed by atoms with van der Waals surface area (Å²) in [5.41, 5.74) is 0.923. The summed E-state index contributed by atoms with van der Waals surface area (Å²) in [7, 11) is 1.58. The van der Waals surface area contributed by atoms with Crippen molar-refractivity contribution in [3.63, 3.8) is 0 Å². The Kier molecular flexibility index (Phi) is 8.57. The fourth-order valence-corrected chi connectivity index (χ4v) is 2.28. The van der Waals surface area contributed by atoms with Gasteiger partial charge in [-0.3, -0.25) is 0 Å². The zero-order valence-electron chi connectivity index (χ0n) is 12.4. The maximum Gasteiger partial charge on any atom is 0.261 e. The van der Waals surface area contributed by atoms with Crippen LogP contribution in [0.1, 0.15) is 31.4 Å². The standard InChI is InChI=1S/C15H22ClF2NO2/c1-3-7-19-14(6-8-21-10-15(17)18)12-5-4-11(20-2)9-13(12)16/h4-5,9,14-15,19H,3,6-8,10H2,1-2H3. The fourth-order valence-electron chi connectivity index (χ4n) is 1.98. The lowest BCUT2D eigenvalue weighted by atomic mass is 10.0. The van der Waals surface area contributed by atoms with Crippen LogP contribution in [0.3, 0.4) is 0 Å². The summed E-state index contributed by atoms with van der Waals surface area (Å²) in [6.07, 6.45) is -0.877. The van der Waals surface area contributed by atoms with Crippen molar-refractivity contribution in [3.05, 3.63) is 28.8 Å². The van der Waals surface area contributed by atoms with E-state index in [-0.39, 0.29) is 12.6 Å². The van der Waals surface area contributed by atoms with Gasteiger partial charge in [0.05, 0.1) is 7.11 Å². The second kappa shape index (κ2) is 9.92. The molecule has 0 saturated carbocycles. The highest BCUT2D eigenvalue weighted by Gasteiger charge is 2.15. The minimum absolute atomic E-state index is 0.0268. The highest BCUT2D eigenvalue weighted by Crippen LogP contribution is 2.29. The summed E-state index contributed by atoms with van der Waals surface area (Å²) < 4.78 is 34.2. The second-order valence-electron chi connectivity index (χ2n) is 4.65. The molecule has 0 aliphatic carbocycles. The van der Waals surface area contributed by atoms with E-state index in [1.165, 1.54) is 0 Å². The van der Waals surface area contributed by atoms with E-state index >= 15 is 0 Å². The van der Waals surface area contributed by atoms with Crippen LogP contribution >= 0.6 is 11.6 Å². The lowest BCUT2D eigenvalue weighted by Crippen LogP contribution is -2.24. The Morgan fingerprint density at radius 3 is 2.67 bits per heavy atom. The Morgan fingerprint density at radius 2 is 2.10 bits per heavy atom. The molecule has 0 bridgehead atoms. The average Bonchev–Trinajstić information content (AvgIpc) is 2.46. The predicted octanol–water partition coefficient (Wildman–Crippen LogP) is 4.06. The third-order valence-electron chi connectivity index (χ3n) is 3.02. The Labute approximate surface area is 129 Å². The number of alkyl halides is 2. The molecule has 0 aliphatic rings. The van der Waals surface area contributed by atoms with Crippen LogP contribution < -0.4 is 10.1 Å². The zero-order valence-corrected chi connectivity index (χ0v) is 13.1. The molecule has 6 heteroatoms. The first-order chi connectivity index (χ1) is 10.1. The molecule has 0 aromatic heterocycles. The summed E-state index contributed by atoms with van der Waals surface area (Å²) in [5, 5.41) is 3.95. The molecule has 1 aromatic carbocycles. The van der Waals surface area contributed by atoms with E-state index in [0.717, 1.165) is 18.5 Å². The Morgan fingerprint density at radius 1 is 1.33 bits per heavy atom. The van der Waals surface area contributed by atoms with Gasteiger partial charge in [-0.25, -0.2) is 8.78 Å². The first kappa shape index (κ1) is 18.1. The number of rotatable bonds is 10. The van der Waals surface area contributed by atoms with E-state index in [1.807, 2.05) is 12.1 Å². The van der Waals surface area contributed by atoms with E-state index in [9.17, 15) is 8.78 Å². The van der Waals surface area contributed by atoms with Gasteiger partial charge in [0.2, 0.25) is 0 Å². The van der Waals surface area contributed by atoms with Gasteiger partial charge in [0.1, 0.15) is 12.4 Å². The number of hydrogen-bond donors (Lipinski definition) is 1. The molecule has 1 rings (SSSR count). The van der Waals surface area contributed by atoms with E-state index < -0.39 is 13.0 Å². The van der Waals surface area contributed by atoms with Crippen LogP contribution in [0.25, 0.3) is 0 Å². The summed E-state index contributed by atoms with van der Waals surface area (Å²) in [6.45, 7) is 2.61. The van der Waals surface area contributed by atoms with Gasteiger partial charge in [-0.1, -0.05) is 24.6 Å². The molecule has 0 saturated heterocycles. The number of halogens is 3. The van der Waals surface area contributed by atoms with Crippen LogP contribution in [-0.2, 0) is 4.74 Å². The maximum absolute atomic E-state index is 12.1. The molecule has 3 nitrogen and oxygen atoms in total. The summed E-state index contributed by atoms with van der Waals surface area (Å²) in [5.74, 6) is 0.687. The summed E-state index contributed by atoms with van der Waals surface area (Å²) in [6, 6.07) is 5.45. The maximum atomic E-state index is 12.1. The number of nitrogens with one attached hydrogen (secondary N) is 1. The van der Waals surface area contributed by atoms with Gasteiger partial charge in [0.15, 0.2) is 0 Å². The molecule has 1 unspecified atom stereocenters. The van der Waals surface area contributed by atoms with Crippen molar-refractivity contribution >= 4 is 11.6 Å².